The summed E-state index contributed by atoms with van der Waals surface area (Å²) in [4.78, 5) is 18.6. The average molecular weight is 326 g/mol. The zero-order valence-corrected chi connectivity index (χ0v) is 14.6. The molecule has 3 rings (SSSR count). The minimum atomic E-state index is 0.0632. The van der Waals surface area contributed by atoms with Gasteiger partial charge < -0.3 is 4.90 Å². The number of benzene rings is 1. The minimum absolute atomic E-state index is 0.0632. The van der Waals surface area contributed by atoms with E-state index >= 15 is 0 Å². The van der Waals surface area contributed by atoms with Crippen molar-refractivity contribution in [3.63, 3.8) is 0 Å². The lowest BCUT2D eigenvalue weighted by Crippen LogP contribution is -2.32. The van der Waals surface area contributed by atoms with Crippen molar-refractivity contribution in [1.82, 2.24) is 9.88 Å². The van der Waals surface area contributed by atoms with Crippen molar-refractivity contribution in [2.24, 2.45) is 5.92 Å². The molecule has 1 fully saturated rings. The number of amides is 1. The molecule has 1 aromatic carbocycles. The van der Waals surface area contributed by atoms with Crippen LogP contribution >= 0.6 is 11.8 Å². The smallest absolute Gasteiger partial charge is 0.233 e. The molecule has 0 bridgehead atoms. The molecule has 1 aliphatic rings. The molecule has 1 saturated heterocycles. The van der Waals surface area contributed by atoms with Crippen LogP contribution < -0.4 is 0 Å². The Kier molecular flexibility index (Phi) is 4.71. The number of hydrogen-bond acceptors (Lipinski definition) is 3. The van der Waals surface area contributed by atoms with Gasteiger partial charge in [-0.05, 0) is 35.6 Å². The van der Waals surface area contributed by atoms with Crippen molar-refractivity contribution >= 4 is 17.7 Å². The zero-order chi connectivity index (χ0) is 16.4. The first-order valence-electron chi connectivity index (χ1n) is 7.99. The maximum atomic E-state index is 12.3. The van der Waals surface area contributed by atoms with Gasteiger partial charge in [-0.3, -0.25) is 9.78 Å². The number of hydrogen-bond donors (Lipinski definition) is 0. The Labute approximate surface area is 142 Å². The molecular weight excluding hydrogens is 304 g/mol. The zero-order valence-electron chi connectivity index (χ0n) is 13.8. The van der Waals surface area contributed by atoms with E-state index < -0.39 is 0 Å². The highest BCUT2D eigenvalue weighted by Gasteiger charge is 2.34. The van der Waals surface area contributed by atoms with Gasteiger partial charge in [-0.25, -0.2) is 0 Å². The van der Waals surface area contributed by atoms with Crippen molar-refractivity contribution < 1.29 is 4.79 Å². The van der Waals surface area contributed by atoms with Gasteiger partial charge in [0.1, 0.15) is 5.37 Å². The van der Waals surface area contributed by atoms with Crippen LogP contribution in [0.5, 0.6) is 0 Å². The van der Waals surface area contributed by atoms with Crippen molar-refractivity contribution in [3.8, 4) is 11.1 Å². The molecule has 1 aromatic heterocycles. The number of carbonyl (C=O) groups excluding carboxylic acids is 1. The van der Waals surface area contributed by atoms with Gasteiger partial charge in [0, 0.05) is 24.5 Å². The fourth-order valence-corrected chi connectivity index (χ4v) is 4.24. The second-order valence-electron chi connectivity index (χ2n) is 6.38. The minimum Gasteiger partial charge on any atom is -0.325 e. The van der Waals surface area contributed by atoms with Crippen molar-refractivity contribution in [2.75, 3.05) is 12.3 Å². The lowest BCUT2D eigenvalue weighted by molar-refractivity contribution is -0.128. The van der Waals surface area contributed by atoms with Crippen LogP contribution in [0.2, 0.25) is 0 Å². The summed E-state index contributed by atoms with van der Waals surface area (Å²) in [5.74, 6) is 1.24. The molecule has 1 unspecified atom stereocenters. The number of thioether (sulfide) groups is 1. The Morgan fingerprint density at radius 1 is 1.26 bits per heavy atom. The van der Waals surface area contributed by atoms with Gasteiger partial charge in [-0.15, -0.1) is 11.8 Å². The molecule has 4 heteroatoms. The quantitative estimate of drug-likeness (QED) is 0.840. The van der Waals surface area contributed by atoms with E-state index in [2.05, 4.69) is 56.1 Å². The summed E-state index contributed by atoms with van der Waals surface area (Å²) in [5.41, 5.74) is 4.77. The second kappa shape index (κ2) is 6.75. The molecule has 2 heterocycles. The highest BCUT2D eigenvalue weighted by molar-refractivity contribution is 8.00. The number of rotatable bonds is 4. The van der Waals surface area contributed by atoms with E-state index in [4.69, 9.17) is 0 Å². The first kappa shape index (κ1) is 16.1. The van der Waals surface area contributed by atoms with E-state index in [-0.39, 0.29) is 11.3 Å². The van der Waals surface area contributed by atoms with Crippen LogP contribution in [-0.2, 0) is 4.79 Å². The molecule has 120 valence electrons. The summed E-state index contributed by atoms with van der Waals surface area (Å²) in [6.07, 6.45) is 3.75. The molecule has 3 nitrogen and oxygen atoms in total. The predicted octanol–water partition coefficient (Wildman–Crippen LogP) is 4.29. The number of carbonyl (C=O) groups is 1. The fraction of sp³-hybridized carbons (Fsp3) is 0.368. The Balaban J connectivity index is 2.04. The Morgan fingerprint density at radius 3 is 2.78 bits per heavy atom. The lowest BCUT2D eigenvalue weighted by Gasteiger charge is -2.27. The van der Waals surface area contributed by atoms with Crippen LogP contribution in [0.4, 0.5) is 0 Å². The van der Waals surface area contributed by atoms with Gasteiger partial charge in [0.05, 0.1) is 5.75 Å². The lowest BCUT2D eigenvalue weighted by atomic mass is 9.97. The molecular formula is C19H22N2OS. The fourth-order valence-electron chi connectivity index (χ4n) is 3.03. The van der Waals surface area contributed by atoms with Crippen LogP contribution in [-0.4, -0.2) is 28.1 Å². The third kappa shape index (κ3) is 3.27. The van der Waals surface area contributed by atoms with E-state index in [1.807, 2.05) is 17.3 Å². The predicted molar refractivity (Wildman–Crippen MR) is 96.2 cm³/mol. The normalized spacial score (nSPS) is 18.0. The van der Waals surface area contributed by atoms with Crippen molar-refractivity contribution in [2.45, 2.75) is 26.1 Å². The topological polar surface area (TPSA) is 33.2 Å². The maximum Gasteiger partial charge on any atom is 0.233 e. The summed E-state index contributed by atoms with van der Waals surface area (Å²) in [6.45, 7) is 7.22. The Morgan fingerprint density at radius 2 is 2.04 bits per heavy atom. The summed E-state index contributed by atoms with van der Waals surface area (Å²) >= 11 is 1.70. The van der Waals surface area contributed by atoms with E-state index in [0.717, 1.165) is 12.1 Å². The Bertz CT molecular complexity index is 714. The van der Waals surface area contributed by atoms with E-state index in [0.29, 0.717) is 11.7 Å². The van der Waals surface area contributed by atoms with E-state index in [9.17, 15) is 4.79 Å². The molecule has 1 atom stereocenters. The van der Waals surface area contributed by atoms with Crippen molar-refractivity contribution in [3.05, 3.63) is 53.9 Å². The average Bonchev–Trinajstić information content (AvgIpc) is 2.88. The van der Waals surface area contributed by atoms with E-state index in [1.54, 1.807) is 11.8 Å². The molecule has 1 amide bonds. The first-order valence-corrected chi connectivity index (χ1v) is 9.03. The molecule has 0 radical (unpaired) electrons. The van der Waals surface area contributed by atoms with Gasteiger partial charge in [-0.1, -0.05) is 38.1 Å². The van der Waals surface area contributed by atoms with Gasteiger partial charge in [0.2, 0.25) is 5.91 Å². The highest BCUT2D eigenvalue weighted by Crippen LogP contribution is 2.43. The summed E-state index contributed by atoms with van der Waals surface area (Å²) in [7, 11) is 0. The molecule has 0 aliphatic carbocycles. The maximum absolute atomic E-state index is 12.3. The first-order chi connectivity index (χ1) is 11.1. The number of aryl methyl sites for hydroxylation is 1. The SMILES string of the molecule is Cc1ccccc1-c1ccncc1C1SCC(=O)N1CC(C)C. The number of nitrogens with zero attached hydrogens (tertiary/aromatic N) is 2. The molecule has 0 spiro atoms. The number of aromatic nitrogens is 1. The molecule has 0 saturated carbocycles. The highest BCUT2D eigenvalue weighted by atomic mass is 32.2. The van der Waals surface area contributed by atoms with Gasteiger partial charge >= 0.3 is 0 Å². The van der Waals surface area contributed by atoms with E-state index in [1.165, 1.54) is 16.7 Å². The molecule has 2 aromatic rings. The molecule has 0 N–H and O–H groups in total. The third-order valence-electron chi connectivity index (χ3n) is 4.08. The third-order valence-corrected chi connectivity index (χ3v) is 5.32. The summed E-state index contributed by atoms with van der Waals surface area (Å²) < 4.78 is 0. The van der Waals surface area contributed by atoms with Gasteiger partial charge in [0.15, 0.2) is 0 Å². The summed E-state index contributed by atoms with van der Waals surface area (Å²) in [6, 6.07) is 10.4. The monoisotopic (exact) mass is 326 g/mol. The van der Waals surface area contributed by atoms with Crippen LogP contribution in [0, 0.1) is 12.8 Å². The van der Waals surface area contributed by atoms with Gasteiger partial charge in [0.25, 0.3) is 0 Å². The van der Waals surface area contributed by atoms with Crippen LogP contribution in [0.1, 0.15) is 30.3 Å². The van der Waals surface area contributed by atoms with Crippen LogP contribution in [0.25, 0.3) is 11.1 Å². The largest absolute Gasteiger partial charge is 0.325 e. The summed E-state index contributed by atoms with van der Waals surface area (Å²) in [5, 5.41) is 0.0632. The van der Waals surface area contributed by atoms with Gasteiger partial charge in [-0.2, -0.15) is 0 Å². The second-order valence-corrected chi connectivity index (χ2v) is 7.45. The molecule has 23 heavy (non-hydrogen) atoms. The standard InChI is InChI=1S/C19H22N2OS/c1-13(2)11-21-18(22)12-23-19(21)17-10-20-9-8-16(17)15-7-5-4-6-14(15)3/h4-10,13,19H,11-12H2,1-3H3. The van der Waals surface area contributed by atoms with Crippen LogP contribution in [0.15, 0.2) is 42.7 Å². The molecule has 1 aliphatic heterocycles. The number of pyridine rings is 1. The Hall–Kier alpha value is -1.81. The van der Waals surface area contributed by atoms with Crippen LogP contribution in [0.3, 0.4) is 0 Å². The van der Waals surface area contributed by atoms with Crippen molar-refractivity contribution in [1.29, 1.82) is 0 Å².